The second-order valence-corrected chi connectivity index (χ2v) is 5.23. The third-order valence-electron chi connectivity index (χ3n) is 3.33. The van der Waals surface area contributed by atoms with Gasteiger partial charge in [-0.05, 0) is 19.3 Å². The molecule has 0 fully saturated rings. The van der Waals surface area contributed by atoms with Crippen LogP contribution in [-0.4, -0.2) is 40.5 Å². The van der Waals surface area contributed by atoms with Crippen molar-refractivity contribution in [1.82, 2.24) is 0 Å². The Hall–Kier alpha value is -1.89. The van der Waals surface area contributed by atoms with Crippen LogP contribution >= 0.6 is 0 Å². The van der Waals surface area contributed by atoms with Crippen molar-refractivity contribution in [2.75, 3.05) is 0 Å². The van der Waals surface area contributed by atoms with E-state index in [-0.39, 0.29) is 12.0 Å². The predicted molar refractivity (Wildman–Crippen MR) is 75.7 cm³/mol. The summed E-state index contributed by atoms with van der Waals surface area (Å²) in [6.07, 6.45) is 3.76. The number of aliphatic hydroxyl groups is 1. The van der Waals surface area contributed by atoms with Gasteiger partial charge in [-0.25, -0.2) is 4.79 Å². The molecule has 0 amide bonds. The van der Waals surface area contributed by atoms with Gasteiger partial charge in [0.15, 0.2) is 0 Å². The van der Waals surface area contributed by atoms with E-state index in [0.717, 1.165) is 31.8 Å². The number of carboxylic acid groups (broad SMARTS) is 1. The summed E-state index contributed by atoms with van der Waals surface area (Å²) in [6.45, 7) is 1.27. The van der Waals surface area contributed by atoms with Gasteiger partial charge in [-0.2, -0.15) is 0 Å². The number of hydrogen-bond acceptors (Lipinski definition) is 6. The van der Waals surface area contributed by atoms with Gasteiger partial charge < -0.3 is 19.7 Å². The SMILES string of the molecule is CC(=O)OC(CCCCCCCC(=O)O)C1=CC(=O)OC1O. The molecular weight excluding hydrogens is 292 g/mol. The lowest BCUT2D eigenvalue weighted by molar-refractivity contribution is -0.154. The van der Waals surface area contributed by atoms with Gasteiger partial charge in [0.05, 0.1) is 0 Å². The largest absolute Gasteiger partial charge is 0.481 e. The van der Waals surface area contributed by atoms with Crippen LogP contribution in [0.5, 0.6) is 0 Å². The molecule has 0 bridgehead atoms. The van der Waals surface area contributed by atoms with Crippen LogP contribution in [0, 0.1) is 0 Å². The molecule has 7 nitrogen and oxygen atoms in total. The van der Waals surface area contributed by atoms with E-state index in [1.54, 1.807) is 0 Å². The molecule has 0 aromatic rings. The minimum absolute atomic E-state index is 0.175. The number of carbonyl (C=O) groups excluding carboxylic acids is 2. The number of aliphatic carboxylic acids is 1. The molecule has 0 saturated carbocycles. The number of esters is 2. The first-order chi connectivity index (χ1) is 10.4. The van der Waals surface area contributed by atoms with Crippen LogP contribution < -0.4 is 0 Å². The highest BCUT2D eigenvalue weighted by molar-refractivity contribution is 5.86. The van der Waals surface area contributed by atoms with Gasteiger partial charge in [0.1, 0.15) is 6.10 Å². The summed E-state index contributed by atoms with van der Waals surface area (Å²) < 4.78 is 9.73. The van der Waals surface area contributed by atoms with E-state index in [1.807, 2.05) is 0 Å². The molecule has 2 N–H and O–H groups in total. The highest BCUT2D eigenvalue weighted by Gasteiger charge is 2.31. The van der Waals surface area contributed by atoms with Crippen LogP contribution in [-0.2, 0) is 23.9 Å². The fraction of sp³-hybridized carbons (Fsp3) is 0.667. The molecule has 1 heterocycles. The van der Waals surface area contributed by atoms with Gasteiger partial charge in [0.2, 0.25) is 6.29 Å². The summed E-state index contributed by atoms with van der Waals surface area (Å²) >= 11 is 0. The van der Waals surface area contributed by atoms with Crippen LogP contribution in [0.15, 0.2) is 11.6 Å². The first-order valence-corrected chi connectivity index (χ1v) is 7.39. The van der Waals surface area contributed by atoms with Crippen molar-refractivity contribution in [3.8, 4) is 0 Å². The van der Waals surface area contributed by atoms with Crippen molar-refractivity contribution in [3.63, 3.8) is 0 Å². The highest BCUT2D eigenvalue weighted by atomic mass is 16.6. The number of carboxylic acids is 1. The number of rotatable bonds is 10. The first kappa shape index (κ1) is 18.2. The molecule has 0 aromatic heterocycles. The number of hydrogen-bond donors (Lipinski definition) is 2. The molecule has 1 aliphatic heterocycles. The van der Waals surface area contributed by atoms with Crippen molar-refractivity contribution < 1.29 is 34.1 Å². The molecule has 1 aliphatic rings. The molecule has 2 atom stereocenters. The Bertz CT molecular complexity index is 441. The zero-order chi connectivity index (χ0) is 16.5. The Balaban J connectivity index is 2.34. The van der Waals surface area contributed by atoms with Crippen LogP contribution in [0.3, 0.4) is 0 Å². The summed E-state index contributed by atoms with van der Waals surface area (Å²) in [5, 5.41) is 18.1. The Labute approximate surface area is 128 Å². The minimum Gasteiger partial charge on any atom is -0.481 e. The predicted octanol–water partition coefficient (Wildman–Crippen LogP) is 1.53. The van der Waals surface area contributed by atoms with E-state index in [1.165, 1.54) is 6.92 Å². The monoisotopic (exact) mass is 314 g/mol. The first-order valence-electron chi connectivity index (χ1n) is 7.39. The normalized spacial score (nSPS) is 18.5. The Morgan fingerprint density at radius 2 is 1.91 bits per heavy atom. The topological polar surface area (TPSA) is 110 Å². The number of cyclic esters (lactones) is 1. The van der Waals surface area contributed by atoms with E-state index < -0.39 is 30.3 Å². The van der Waals surface area contributed by atoms with Crippen LogP contribution in [0.4, 0.5) is 0 Å². The second-order valence-electron chi connectivity index (χ2n) is 5.23. The van der Waals surface area contributed by atoms with E-state index in [2.05, 4.69) is 4.74 Å². The van der Waals surface area contributed by atoms with Crippen LogP contribution in [0.25, 0.3) is 0 Å². The Kier molecular flexibility index (Phi) is 7.59. The summed E-state index contributed by atoms with van der Waals surface area (Å²) in [5.41, 5.74) is 0.270. The molecule has 2 unspecified atom stereocenters. The van der Waals surface area contributed by atoms with E-state index in [4.69, 9.17) is 9.84 Å². The smallest absolute Gasteiger partial charge is 0.333 e. The molecule has 22 heavy (non-hydrogen) atoms. The summed E-state index contributed by atoms with van der Waals surface area (Å²) in [5.74, 6) is -1.92. The van der Waals surface area contributed by atoms with E-state index >= 15 is 0 Å². The van der Waals surface area contributed by atoms with Crippen LogP contribution in [0.2, 0.25) is 0 Å². The second kappa shape index (κ2) is 9.19. The zero-order valence-electron chi connectivity index (χ0n) is 12.6. The maximum Gasteiger partial charge on any atom is 0.333 e. The lowest BCUT2D eigenvalue weighted by Gasteiger charge is -2.19. The maximum atomic E-state index is 11.1. The van der Waals surface area contributed by atoms with E-state index in [0.29, 0.717) is 12.8 Å². The highest BCUT2D eigenvalue weighted by Crippen LogP contribution is 2.24. The third kappa shape index (κ3) is 6.71. The van der Waals surface area contributed by atoms with Crippen molar-refractivity contribution in [3.05, 3.63) is 11.6 Å². The van der Waals surface area contributed by atoms with Crippen molar-refractivity contribution >= 4 is 17.9 Å². The summed E-state index contributed by atoms with van der Waals surface area (Å²) in [4.78, 5) is 32.6. The van der Waals surface area contributed by atoms with Crippen LogP contribution in [0.1, 0.15) is 51.9 Å². The molecule has 124 valence electrons. The van der Waals surface area contributed by atoms with Gasteiger partial charge in [0, 0.05) is 25.0 Å². The quantitative estimate of drug-likeness (QED) is 0.465. The third-order valence-corrected chi connectivity index (χ3v) is 3.33. The zero-order valence-corrected chi connectivity index (χ0v) is 12.6. The van der Waals surface area contributed by atoms with Gasteiger partial charge in [-0.3, -0.25) is 9.59 Å². The molecule has 1 rings (SSSR count). The molecule has 0 saturated heterocycles. The number of unbranched alkanes of at least 4 members (excludes halogenated alkanes) is 4. The van der Waals surface area contributed by atoms with E-state index in [9.17, 15) is 19.5 Å². The molecule has 0 aromatic carbocycles. The maximum absolute atomic E-state index is 11.1. The average Bonchev–Trinajstić information content (AvgIpc) is 2.74. The van der Waals surface area contributed by atoms with Crippen molar-refractivity contribution in [2.24, 2.45) is 0 Å². The summed E-state index contributed by atoms with van der Waals surface area (Å²) in [7, 11) is 0. The van der Waals surface area contributed by atoms with Gasteiger partial charge >= 0.3 is 17.9 Å². The molecular formula is C15H22O7. The van der Waals surface area contributed by atoms with Gasteiger partial charge in [-0.15, -0.1) is 0 Å². The standard InChI is InChI=1S/C15H22O7/c1-10(16)21-12(11-9-14(19)22-15(11)20)7-5-3-2-4-6-8-13(17)18/h9,12,15,20H,2-8H2,1H3,(H,17,18). The molecule has 0 spiro atoms. The molecule has 0 aliphatic carbocycles. The lowest BCUT2D eigenvalue weighted by Crippen LogP contribution is -2.25. The molecule has 0 radical (unpaired) electrons. The number of carbonyl (C=O) groups is 3. The van der Waals surface area contributed by atoms with Gasteiger partial charge in [-0.1, -0.05) is 19.3 Å². The lowest BCUT2D eigenvalue weighted by atomic mass is 10.0. The fourth-order valence-corrected chi connectivity index (χ4v) is 2.30. The number of aliphatic hydroxyl groups excluding tert-OH is 1. The summed E-state index contributed by atoms with van der Waals surface area (Å²) in [6, 6.07) is 0. The number of ether oxygens (including phenoxy) is 2. The Morgan fingerprint density at radius 1 is 1.27 bits per heavy atom. The average molecular weight is 314 g/mol. The van der Waals surface area contributed by atoms with Crippen molar-refractivity contribution in [2.45, 2.75) is 64.3 Å². The fourth-order valence-electron chi connectivity index (χ4n) is 2.30. The van der Waals surface area contributed by atoms with Gasteiger partial charge in [0.25, 0.3) is 0 Å². The molecule has 7 heteroatoms. The Morgan fingerprint density at radius 3 is 2.45 bits per heavy atom. The van der Waals surface area contributed by atoms with Crippen molar-refractivity contribution in [1.29, 1.82) is 0 Å². The minimum atomic E-state index is -1.35.